The molecule has 0 aliphatic carbocycles. The van der Waals surface area contributed by atoms with Gasteiger partial charge < -0.3 is 10.0 Å². The second kappa shape index (κ2) is 7.27. The molecular formula is C18H15N5O5. The number of non-ortho nitro benzene ring substituents is 1. The fourth-order valence-corrected chi connectivity index (χ4v) is 2.77. The van der Waals surface area contributed by atoms with E-state index in [0.29, 0.717) is 16.5 Å². The van der Waals surface area contributed by atoms with Crippen molar-refractivity contribution in [2.24, 2.45) is 10.2 Å². The number of nitrogens with zero attached hydrogens (tertiary/aromatic N) is 5. The zero-order chi connectivity index (χ0) is 20.4. The Balaban J connectivity index is 2.16. The SMILES string of the molecule is CN(C)c1cccc2c(O)ccc(N=Nc3ccc([N+](=O)[O-])cc3[N+](=O)[O-])c12. The average Bonchev–Trinajstić information content (AvgIpc) is 2.66. The molecular weight excluding hydrogens is 366 g/mol. The van der Waals surface area contributed by atoms with Crippen LogP contribution in [0.4, 0.5) is 28.4 Å². The highest BCUT2D eigenvalue weighted by molar-refractivity contribution is 6.05. The molecule has 10 nitrogen and oxygen atoms in total. The zero-order valence-corrected chi connectivity index (χ0v) is 14.9. The molecule has 0 bridgehead atoms. The number of anilines is 1. The first-order valence-electron chi connectivity index (χ1n) is 8.06. The van der Waals surface area contributed by atoms with Crippen LogP contribution < -0.4 is 4.90 Å². The van der Waals surface area contributed by atoms with Crippen LogP contribution in [0.1, 0.15) is 0 Å². The fraction of sp³-hybridized carbons (Fsp3) is 0.111. The summed E-state index contributed by atoms with van der Waals surface area (Å²) in [6, 6.07) is 11.5. The number of hydrogen-bond donors (Lipinski definition) is 1. The Labute approximate surface area is 158 Å². The summed E-state index contributed by atoms with van der Waals surface area (Å²) in [4.78, 5) is 22.5. The third kappa shape index (κ3) is 3.43. The van der Waals surface area contributed by atoms with Crippen LogP contribution in [0.2, 0.25) is 0 Å². The summed E-state index contributed by atoms with van der Waals surface area (Å²) in [5.41, 5.74) is 0.133. The number of phenols is 1. The minimum atomic E-state index is -0.748. The number of hydrogen-bond acceptors (Lipinski definition) is 8. The van der Waals surface area contributed by atoms with E-state index in [1.165, 1.54) is 12.1 Å². The number of phenolic OH excluding ortho intramolecular Hbond substituents is 1. The van der Waals surface area contributed by atoms with Gasteiger partial charge in [-0.3, -0.25) is 20.2 Å². The number of azo groups is 1. The van der Waals surface area contributed by atoms with Crippen molar-refractivity contribution in [3.63, 3.8) is 0 Å². The normalized spacial score (nSPS) is 11.1. The molecule has 0 saturated heterocycles. The molecule has 0 saturated carbocycles. The average molecular weight is 381 g/mol. The molecule has 10 heteroatoms. The predicted octanol–water partition coefficient (Wildman–Crippen LogP) is 4.84. The molecule has 0 heterocycles. The molecule has 1 N–H and O–H groups in total. The fourth-order valence-electron chi connectivity index (χ4n) is 2.77. The standard InChI is InChI=1S/C18H15N5O5/c1-21(2)15-5-3-4-12-17(24)9-8-14(18(12)15)20-19-13-7-6-11(22(25)26)10-16(13)23(27)28/h3-10,24H,1-2H3. The molecule has 0 unspecified atom stereocenters. The van der Waals surface area contributed by atoms with Crippen molar-refractivity contribution >= 4 is 39.2 Å². The van der Waals surface area contributed by atoms with E-state index < -0.39 is 21.2 Å². The summed E-state index contributed by atoms with van der Waals surface area (Å²) in [5.74, 6) is 0.0685. The molecule has 0 aliphatic heterocycles. The zero-order valence-electron chi connectivity index (χ0n) is 14.9. The van der Waals surface area contributed by atoms with Crippen LogP contribution in [0.5, 0.6) is 5.75 Å². The Kier molecular flexibility index (Phi) is 4.86. The van der Waals surface area contributed by atoms with Gasteiger partial charge in [-0.05, 0) is 24.3 Å². The monoisotopic (exact) mass is 381 g/mol. The minimum absolute atomic E-state index is 0.0685. The van der Waals surface area contributed by atoms with Crippen LogP contribution in [0.3, 0.4) is 0 Å². The second-order valence-corrected chi connectivity index (χ2v) is 6.09. The molecule has 142 valence electrons. The third-order valence-corrected chi connectivity index (χ3v) is 4.09. The van der Waals surface area contributed by atoms with Crippen molar-refractivity contribution in [2.45, 2.75) is 0 Å². The molecule has 28 heavy (non-hydrogen) atoms. The molecule has 0 spiro atoms. The molecule has 0 amide bonds. The van der Waals surface area contributed by atoms with Gasteiger partial charge in [-0.1, -0.05) is 12.1 Å². The van der Waals surface area contributed by atoms with Gasteiger partial charge in [-0.25, -0.2) is 0 Å². The summed E-state index contributed by atoms with van der Waals surface area (Å²) in [7, 11) is 3.67. The highest BCUT2D eigenvalue weighted by atomic mass is 16.6. The number of nitro benzene ring substituents is 2. The van der Waals surface area contributed by atoms with E-state index in [9.17, 15) is 25.3 Å². The number of aromatic hydroxyl groups is 1. The summed E-state index contributed by atoms with van der Waals surface area (Å²) >= 11 is 0. The van der Waals surface area contributed by atoms with Gasteiger partial charge in [-0.2, -0.15) is 0 Å². The Bertz CT molecular complexity index is 1130. The highest BCUT2D eigenvalue weighted by Crippen LogP contribution is 2.40. The first-order chi connectivity index (χ1) is 13.3. The van der Waals surface area contributed by atoms with Crippen LogP contribution in [-0.2, 0) is 0 Å². The highest BCUT2D eigenvalue weighted by Gasteiger charge is 2.19. The van der Waals surface area contributed by atoms with E-state index in [1.807, 2.05) is 25.1 Å². The summed E-state index contributed by atoms with van der Waals surface area (Å²) in [6.45, 7) is 0. The molecule has 3 aromatic rings. The summed E-state index contributed by atoms with van der Waals surface area (Å²) in [5, 5.41) is 41.5. The lowest BCUT2D eigenvalue weighted by Gasteiger charge is -2.16. The predicted molar refractivity (Wildman–Crippen MR) is 104 cm³/mol. The molecule has 0 aromatic heterocycles. The van der Waals surface area contributed by atoms with Gasteiger partial charge in [0.15, 0.2) is 5.69 Å². The Morgan fingerprint density at radius 2 is 1.61 bits per heavy atom. The maximum absolute atomic E-state index is 11.2. The van der Waals surface area contributed by atoms with Gasteiger partial charge in [0.2, 0.25) is 0 Å². The Morgan fingerprint density at radius 3 is 2.25 bits per heavy atom. The maximum Gasteiger partial charge on any atom is 0.303 e. The molecule has 0 aliphatic rings. The summed E-state index contributed by atoms with van der Waals surface area (Å²) < 4.78 is 0. The number of rotatable bonds is 5. The van der Waals surface area contributed by atoms with E-state index in [0.717, 1.165) is 17.8 Å². The van der Waals surface area contributed by atoms with Crippen molar-refractivity contribution in [3.05, 3.63) is 68.8 Å². The molecule has 0 radical (unpaired) electrons. The third-order valence-electron chi connectivity index (χ3n) is 4.09. The van der Waals surface area contributed by atoms with E-state index in [-0.39, 0.29) is 11.4 Å². The van der Waals surface area contributed by atoms with E-state index in [4.69, 9.17) is 0 Å². The van der Waals surface area contributed by atoms with Gasteiger partial charge in [-0.15, -0.1) is 10.2 Å². The minimum Gasteiger partial charge on any atom is -0.507 e. The van der Waals surface area contributed by atoms with Gasteiger partial charge >= 0.3 is 5.69 Å². The second-order valence-electron chi connectivity index (χ2n) is 6.09. The van der Waals surface area contributed by atoms with Gasteiger partial charge in [0.05, 0.1) is 21.6 Å². The van der Waals surface area contributed by atoms with Crippen molar-refractivity contribution in [1.82, 2.24) is 0 Å². The van der Waals surface area contributed by atoms with Crippen molar-refractivity contribution in [3.8, 4) is 5.75 Å². The van der Waals surface area contributed by atoms with Crippen molar-refractivity contribution < 1.29 is 15.0 Å². The number of benzene rings is 3. The largest absolute Gasteiger partial charge is 0.507 e. The quantitative estimate of drug-likeness (QED) is 0.381. The molecule has 3 rings (SSSR count). The van der Waals surface area contributed by atoms with Crippen LogP contribution in [0.25, 0.3) is 10.8 Å². The summed E-state index contributed by atoms with van der Waals surface area (Å²) in [6.07, 6.45) is 0. The van der Waals surface area contributed by atoms with Crippen LogP contribution >= 0.6 is 0 Å². The van der Waals surface area contributed by atoms with E-state index >= 15 is 0 Å². The van der Waals surface area contributed by atoms with Gasteiger partial charge in [0.1, 0.15) is 5.75 Å². The van der Waals surface area contributed by atoms with E-state index in [1.54, 1.807) is 18.2 Å². The topological polar surface area (TPSA) is 134 Å². The van der Waals surface area contributed by atoms with Crippen LogP contribution in [0.15, 0.2) is 58.8 Å². The van der Waals surface area contributed by atoms with Crippen molar-refractivity contribution in [2.75, 3.05) is 19.0 Å². The molecule has 0 fully saturated rings. The van der Waals surface area contributed by atoms with Gasteiger partial charge in [0, 0.05) is 36.6 Å². The molecule has 0 atom stereocenters. The van der Waals surface area contributed by atoms with Crippen molar-refractivity contribution in [1.29, 1.82) is 0 Å². The number of nitro groups is 2. The smallest absolute Gasteiger partial charge is 0.303 e. The lowest BCUT2D eigenvalue weighted by molar-refractivity contribution is -0.393. The first-order valence-corrected chi connectivity index (χ1v) is 8.06. The lowest BCUT2D eigenvalue weighted by Crippen LogP contribution is -2.08. The van der Waals surface area contributed by atoms with Crippen LogP contribution in [0, 0.1) is 20.2 Å². The maximum atomic E-state index is 11.2. The number of fused-ring (bicyclic) bond motifs is 1. The Morgan fingerprint density at radius 1 is 0.929 bits per heavy atom. The van der Waals surface area contributed by atoms with Crippen LogP contribution in [-0.4, -0.2) is 29.0 Å². The lowest BCUT2D eigenvalue weighted by atomic mass is 10.1. The van der Waals surface area contributed by atoms with E-state index in [2.05, 4.69) is 10.2 Å². The molecule has 3 aromatic carbocycles. The first kappa shape index (κ1) is 18.7. The van der Waals surface area contributed by atoms with Gasteiger partial charge in [0.25, 0.3) is 5.69 Å². The Hall–Kier alpha value is -4.08.